The molecule has 9 heteroatoms. The monoisotopic (exact) mass is 479 g/mol. The number of anilines is 1. The van der Waals surface area contributed by atoms with Crippen molar-refractivity contribution in [1.29, 1.82) is 0 Å². The second-order valence-corrected chi connectivity index (χ2v) is 10.0. The molecule has 1 amide bonds. The van der Waals surface area contributed by atoms with E-state index in [1.54, 1.807) is 42.3 Å². The maximum Gasteiger partial charge on any atom is 0.255 e. The van der Waals surface area contributed by atoms with E-state index in [0.717, 1.165) is 5.56 Å². The predicted octanol–water partition coefficient (Wildman–Crippen LogP) is 3.65. The van der Waals surface area contributed by atoms with Gasteiger partial charge in [-0.25, -0.2) is 8.42 Å². The maximum atomic E-state index is 13.0. The molecular weight excluding hydrogens is 450 g/mol. The van der Waals surface area contributed by atoms with Crippen molar-refractivity contribution in [2.75, 3.05) is 51.3 Å². The number of benzene rings is 2. The Morgan fingerprint density at radius 2 is 1.72 bits per heavy atom. The van der Waals surface area contributed by atoms with Crippen LogP contribution in [0.4, 0.5) is 5.69 Å². The summed E-state index contributed by atoms with van der Waals surface area (Å²) in [6.07, 6.45) is 0. The average molecular weight is 480 g/mol. The number of nitrogens with zero attached hydrogens (tertiary/aromatic N) is 3. The van der Waals surface area contributed by atoms with E-state index in [2.05, 4.69) is 4.90 Å². The van der Waals surface area contributed by atoms with Crippen LogP contribution in [-0.4, -0.2) is 69.9 Å². The van der Waals surface area contributed by atoms with Crippen LogP contribution in [0.1, 0.15) is 29.8 Å². The SMILES string of the molecule is CCN(CC)S(=O)(=O)c1ccc(OC)c(N2CCN(C(=O)c3ccc(C)cc3Cl)CC2)c1. The number of hydrogen-bond acceptors (Lipinski definition) is 5. The Labute approximate surface area is 195 Å². The second kappa shape index (κ2) is 10.1. The molecule has 0 spiro atoms. The van der Waals surface area contributed by atoms with Crippen LogP contribution in [0, 0.1) is 6.92 Å². The molecule has 1 aliphatic rings. The molecule has 0 saturated carbocycles. The molecular formula is C23H30ClN3O4S. The molecule has 1 saturated heterocycles. The predicted molar refractivity (Wildman–Crippen MR) is 127 cm³/mol. The number of carbonyl (C=O) groups excluding carboxylic acids is 1. The minimum atomic E-state index is -3.58. The van der Waals surface area contributed by atoms with Gasteiger partial charge in [0, 0.05) is 39.3 Å². The molecule has 1 aliphatic heterocycles. The average Bonchev–Trinajstić information content (AvgIpc) is 2.79. The van der Waals surface area contributed by atoms with Crippen molar-refractivity contribution in [2.24, 2.45) is 0 Å². The van der Waals surface area contributed by atoms with Crippen molar-refractivity contribution in [2.45, 2.75) is 25.7 Å². The number of amides is 1. The van der Waals surface area contributed by atoms with Gasteiger partial charge >= 0.3 is 0 Å². The summed E-state index contributed by atoms with van der Waals surface area (Å²) in [4.78, 5) is 17.0. The van der Waals surface area contributed by atoms with Crippen molar-refractivity contribution < 1.29 is 17.9 Å². The topological polar surface area (TPSA) is 70.2 Å². The molecule has 1 heterocycles. The number of carbonyl (C=O) groups is 1. The van der Waals surface area contributed by atoms with Crippen LogP contribution in [0.2, 0.25) is 5.02 Å². The first-order valence-corrected chi connectivity index (χ1v) is 12.5. The molecule has 32 heavy (non-hydrogen) atoms. The first-order valence-electron chi connectivity index (χ1n) is 10.7. The molecule has 0 aliphatic carbocycles. The van der Waals surface area contributed by atoms with Gasteiger partial charge in [-0.1, -0.05) is 31.5 Å². The van der Waals surface area contributed by atoms with Crippen LogP contribution in [0.5, 0.6) is 5.75 Å². The fourth-order valence-corrected chi connectivity index (χ4v) is 5.70. The molecule has 2 aromatic carbocycles. The molecule has 0 aromatic heterocycles. The van der Waals surface area contributed by atoms with E-state index in [9.17, 15) is 13.2 Å². The van der Waals surface area contributed by atoms with E-state index in [0.29, 0.717) is 61.3 Å². The molecule has 2 aromatic rings. The van der Waals surface area contributed by atoms with Crippen molar-refractivity contribution in [1.82, 2.24) is 9.21 Å². The van der Waals surface area contributed by atoms with Crippen LogP contribution in [0.25, 0.3) is 0 Å². The maximum absolute atomic E-state index is 13.0. The minimum Gasteiger partial charge on any atom is -0.495 e. The summed E-state index contributed by atoms with van der Waals surface area (Å²) in [5.41, 5.74) is 2.21. The number of methoxy groups -OCH3 is 1. The van der Waals surface area contributed by atoms with E-state index < -0.39 is 10.0 Å². The smallest absolute Gasteiger partial charge is 0.255 e. The van der Waals surface area contributed by atoms with Gasteiger partial charge in [-0.3, -0.25) is 4.79 Å². The molecule has 0 bridgehead atoms. The molecule has 0 unspecified atom stereocenters. The number of aryl methyl sites for hydroxylation is 1. The van der Waals surface area contributed by atoms with Crippen LogP contribution in [0.3, 0.4) is 0 Å². The van der Waals surface area contributed by atoms with E-state index >= 15 is 0 Å². The highest BCUT2D eigenvalue weighted by atomic mass is 35.5. The van der Waals surface area contributed by atoms with Gasteiger partial charge in [-0.2, -0.15) is 4.31 Å². The fourth-order valence-electron chi connectivity index (χ4n) is 3.90. The summed E-state index contributed by atoms with van der Waals surface area (Å²) < 4.78 is 32.9. The van der Waals surface area contributed by atoms with Crippen LogP contribution >= 0.6 is 11.6 Å². The van der Waals surface area contributed by atoms with Crippen molar-refractivity contribution in [3.63, 3.8) is 0 Å². The summed E-state index contributed by atoms with van der Waals surface area (Å²) >= 11 is 6.28. The van der Waals surface area contributed by atoms with Crippen molar-refractivity contribution in [3.05, 3.63) is 52.5 Å². The van der Waals surface area contributed by atoms with Gasteiger partial charge in [0.25, 0.3) is 5.91 Å². The third kappa shape index (κ3) is 4.87. The zero-order chi connectivity index (χ0) is 23.5. The third-order valence-electron chi connectivity index (χ3n) is 5.76. The summed E-state index contributed by atoms with van der Waals surface area (Å²) in [6, 6.07) is 10.4. The summed E-state index contributed by atoms with van der Waals surface area (Å²) in [7, 11) is -2.02. The standard InChI is InChI=1S/C23H30ClN3O4S/c1-5-27(6-2)32(29,30)18-8-10-22(31-4)21(16-18)25-11-13-26(14-12-25)23(28)19-9-7-17(3)15-20(19)24/h7-10,15-16H,5-6,11-14H2,1-4H3. The van der Waals surface area contributed by atoms with Crippen LogP contribution < -0.4 is 9.64 Å². The fraction of sp³-hybridized carbons (Fsp3) is 0.435. The van der Waals surface area contributed by atoms with Crippen molar-refractivity contribution >= 4 is 33.2 Å². The zero-order valence-electron chi connectivity index (χ0n) is 19.0. The minimum absolute atomic E-state index is 0.0977. The lowest BCUT2D eigenvalue weighted by atomic mass is 10.1. The largest absolute Gasteiger partial charge is 0.495 e. The first kappa shape index (κ1) is 24.4. The number of rotatable bonds is 7. The Morgan fingerprint density at radius 1 is 1.06 bits per heavy atom. The van der Waals surface area contributed by atoms with E-state index in [-0.39, 0.29) is 10.8 Å². The molecule has 1 fully saturated rings. The Hall–Kier alpha value is -2.29. The number of hydrogen-bond donors (Lipinski definition) is 0. The Kier molecular flexibility index (Phi) is 7.69. The lowest BCUT2D eigenvalue weighted by Gasteiger charge is -2.37. The highest BCUT2D eigenvalue weighted by molar-refractivity contribution is 7.89. The van der Waals surface area contributed by atoms with E-state index in [1.807, 2.05) is 26.8 Å². The van der Waals surface area contributed by atoms with Crippen molar-refractivity contribution in [3.8, 4) is 5.75 Å². The lowest BCUT2D eigenvalue weighted by Crippen LogP contribution is -2.49. The lowest BCUT2D eigenvalue weighted by molar-refractivity contribution is 0.0747. The van der Waals surface area contributed by atoms with Gasteiger partial charge in [0.05, 0.1) is 28.3 Å². The number of halogens is 1. The van der Waals surface area contributed by atoms with Gasteiger partial charge in [0.2, 0.25) is 10.0 Å². The highest BCUT2D eigenvalue weighted by Crippen LogP contribution is 2.33. The number of ether oxygens (including phenoxy) is 1. The Morgan fingerprint density at radius 3 is 2.28 bits per heavy atom. The summed E-state index contributed by atoms with van der Waals surface area (Å²) in [6.45, 7) is 8.50. The van der Waals surface area contributed by atoms with Gasteiger partial charge < -0.3 is 14.5 Å². The normalized spacial score (nSPS) is 14.7. The van der Waals surface area contributed by atoms with Gasteiger partial charge in [0.15, 0.2) is 0 Å². The Bertz CT molecular complexity index is 1080. The second-order valence-electron chi connectivity index (χ2n) is 7.69. The van der Waals surface area contributed by atoms with Gasteiger partial charge in [-0.05, 0) is 42.8 Å². The zero-order valence-corrected chi connectivity index (χ0v) is 20.5. The van der Waals surface area contributed by atoms with Gasteiger partial charge in [0.1, 0.15) is 5.75 Å². The summed E-state index contributed by atoms with van der Waals surface area (Å²) in [5.74, 6) is 0.504. The highest BCUT2D eigenvalue weighted by Gasteiger charge is 2.27. The van der Waals surface area contributed by atoms with Crippen LogP contribution in [0.15, 0.2) is 41.3 Å². The van der Waals surface area contributed by atoms with E-state index in [4.69, 9.17) is 16.3 Å². The van der Waals surface area contributed by atoms with E-state index in [1.165, 1.54) is 4.31 Å². The molecule has 0 N–H and O–H groups in total. The summed E-state index contributed by atoms with van der Waals surface area (Å²) in [5, 5.41) is 0.452. The number of sulfonamides is 1. The molecule has 0 atom stereocenters. The number of piperazine rings is 1. The quantitative estimate of drug-likeness (QED) is 0.606. The van der Waals surface area contributed by atoms with Crippen LogP contribution in [-0.2, 0) is 10.0 Å². The molecule has 3 rings (SSSR count). The van der Waals surface area contributed by atoms with Gasteiger partial charge in [-0.15, -0.1) is 0 Å². The molecule has 7 nitrogen and oxygen atoms in total. The first-order chi connectivity index (χ1) is 15.2. The molecule has 0 radical (unpaired) electrons. The third-order valence-corrected chi connectivity index (χ3v) is 8.11. The Balaban J connectivity index is 1.80. The molecule has 174 valence electrons.